The van der Waals surface area contributed by atoms with Crippen LogP contribution >= 0.6 is 31.9 Å². The largest absolute Gasteiger partial charge is 0.493 e. The highest BCUT2D eigenvalue weighted by Crippen LogP contribution is 2.20. The van der Waals surface area contributed by atoms with Crippen LogP contribution < -0.4 is 4.74 Å². The number of rotatable bonds is 3. The average Bonchev–Trinajstić information content (AvgIpc) is 1.99. The minimum atomic E-state index is -0.297. The summed E-state index contributed by atoms with van der Waals surface area (Å²) in [7, 11) is 0. The Morgan fingerprint density at radius 2 is 2.08 bits per heavy atom. The lowest BCUT2D eigenvalue weighted by atomic mass is 10.3. The van der Waals surface area contributed by atoms with Gasteiger partial charge in [0, 0.05) is 15.9 Å². The third-order valence-electron chi connectivity index (χ3n) is 1.18. The van der Waals surface area contributed by atoms with Crippen molar-refractivity contribution in [2.24, 2.45) is 0 Å². The molecule has 0 aliphatic heterocycles. The van der Waals surface area contributed by atoms with Crippen molar-refractivity contribution >= 4 is 31.9 Å². The van der Waals surface area contributed by atoms with Gasteiger partial charge in [0.15, 0.2) is 0 Å². The molecular formula is C8H7Br2FO. The van der Waals surface area contributed by atoms with Crippen LogP contribution in [-0.4, -0.2) is 11.9 Å². The first kappa shape index (κ1) is 9.99. The van der Waals surface area contributed by atoms with Crippen LogP contribution in [0.3, 0.4) is 0 Å². The van der Waals surface area contributed by atoms with Gasteiger partial charge in [-0.3, -0.25) is 0 Å². The number of hydrogen-bond donors (Lipinski definition) is 0. The summed E-state index contributed by atoms with van der Waals surface area (Å²) in [6.45, 7) is 0.538. The monoisotopic (exact) mass is 296 g/mol. The highest BCUT2D eigenvalue weighted by atomic mass is 79.9. The van der Waals surface area contributed by atoms with E-state index in [2.05, 4.69) is 31.9 Å². The molecule has 12 heavy (non-hydrogen) atoms. The molecule has 0 aliphatic rings. The minimum Gasteiger partial charge on any atom is -0.493 e. The lowest BCUT2D eigenvalue weighted by Crippen LogP contribution is -1.97. The van der Waals surface area contributed by atoms with Crippen molar-refractivity contribution in [2.75, 3.05) is 11.9 Å². The minimum absolute atomic E-state index is 0.297. The van der Waals surface area contributed by atoms with Crippen molar-refractivity contribution in [1.82, 2.24) is 0 Å². The van der Waals surface area contributed by atoms with Gasteiger partial charge < -0.3 is 4.74 Å². The molecular weight excluding hydrogens is 291 g/mol. The molecule has 0 saturated carbocycles. The zero-order valence-corrected chi connectivity index (χ0v) is 9.36. The van der Waals surface area contributed by atoms with Gasteiger partial charge in [-0.05, 0) is 12.1 Å². The number of hydrogen-bond acceptors (Lipinski definition) is 1. The summed E-state index contributed by atoms with van der Waals surface area (Å²) < 4.78 is 18.6. The van der Waals surface area contributed by atoms with E-state index in [1.807, 2.05) is 0 Å². The number of alkyl halides is 1. The first-order valence-electron chi connectivity index (χ1n) is 3.37. The van der Waals surface area contributed by atoms with Crippen molar-refractivity contribution in [2.45, 2.75) is 0 Å². The van der Waals surface area contributed by atoms with Crippen LogP contribution in [0.4, 0.5) is 4.39 Å². The Bertz CT molecular complexity index is 245. The molecule has 1 aromatic carbocycles. The summed E-state index contributed by atoms with van der Waals surface area (Å²) in [5, 5.41) is 0.737. The predicted octanol–water partition coefficient (Wildman–Crippen LogP) is 3.36. The summed E-state index contributed by atoms with van der Waals surface area (Å²) in [5.41, 5.74) is 0. The standard InChI is InChI=1S/C8H7Br2FO/c9-1-2-12-8-4-6(10)3-7(11)5-8/h3-5H,1-2H2. The van der Waals surface area contributed by atoms with Crippen LogP contribution in [0, 0.1) is 5.82 Å². The SMILES string of the molecule is Fc1cc(Br)cc(OCCBr)c1. The first-order valence-corrected chi connectivity index (χ1v) is 5.28. The van der Waals surface area contributed by atoms with E-state index in [4.69, 9.17) is 4.74 Å². The van der Waals surface area contributed by atoms with Gasteiger partial charge in [0.1, 0.15) is 11.6 Å². The van der Waals surface area contributed by atoms with Gasteiger partial charge in [-0.2, -0.15) is 0 Å². The van der Waals surface area contributed by atoms with E-state index in [9.17, 15) is 4.39 Å². The summed E-state index contributed by atoms with van der Waals surface area (Å²) in [4.78, 5) is 0. The van der Waals surface area contributed by atoms with Crippen molar-refractivity contribution in [1.29, 1.82) is 0 Å². The Morgan fingerprint density at radius 1 is 1.33 bits per heavy atom. The molecule has 0 unspecified atom stereocenters. The molecule has 0 saturated heterocycles. The lowest BCUT2D eigenvalue weighted by Gasteiger charge is -2.03. The number of halogens is 3. The second-order valence-electron chi connectivity index (χ2n) is 2.14. The lowest BCUT2D eigenvalue weighted by molar-refractivity contribution is 0.343. The molecule has 0 spiro atoms. The number of benzene rings is 1. The van der Waals surface area contributed by atoms with Crippen LogP contribution in [-0.2, 0) is 0 Å². The number of ether oxygens (including phenoxy) is 1. The summed E-state index contributed by atoms with van der Waals surface area (Å²) in [6, 6.07) is 4.47. The Kier molecular flexibility index (Phi) is 4.01. The van der Waals surface area contributed by atoms with Crippen LogP contribution in [0.2, 0.25) is 0 Å². The molecule has 0 heterocycles. The van der Waals surface area contributed by atoms with E-state index in [1.165, 1.54) is 12.1 Å². The van der Waals surface area contributed by atoms with E-state index in [0.717, 1.165) is 5.33 Å². The maximum atomic E-state index is 12.7. The molecule has 0 fully saturated rings. The smallest absolute Gasteiger partial charge is 0.128 e. The molecule has 66 valence electrons. The molecule has 4 heteroatoms. The van der Waals surface area contributed by atoms with Crippen LogP contribution in [0.15, 0.2) is 22.7 Å². The van der Waals surface area contributed by atoms with E-state index >= 15 is 0 Å². The normalized spacial score (nSPS) is 9.92. The van der Waals surface area contributed by atoms with Crippen LogP contribution in [0.25, 0.3) is 0 Å². The van der Waals surface area contributed by atoms with Crippen LogP contribution in [0.5, 0.6) is 5.75 Å². The second kappa shape index (κ2) is 4.82. The summed E-state index contributed by atoms with van der Waals surface area (Å²) in [5.74, 6) is 0.246. The Labute approximate surface area is 87.2 Å². The summed E-state index contributed by atoms with van der Waals surface area (Å²) in [6.07, 6.45) is 0. The molecule has 0 bridgehead atoms. The van der Waals surface area contributed by atoms with Crippen molar-refractivity contribution in [3.8, 4) is 5.75 Å². The molecule has 0 N–H and O–H groups in total. The van der Waals surface area contributed by atoms with Crippen molar-refractivity contribution in [3.05, 3.63) is 28.5 Å². The zero-order valence-electron chi connectivity index (χ0n) is 6.19. The highest BCUT2D eigenvalue weighted by molar-refractivity contribution is 9.10. The molecule has 1 nitrogen and oxygen atoms in total. The first-order chi connectivity index (χ1) is 5.72. The molecule has 0 aliphatic carbocycles. The van der Waals surface area contributed by atoms with E-state index in [0.29, 0.717) is 16.8 Å². The molecule has 1 aromatic rings. The molecule has 0 radical (unpaired) electrons. The predicted molar refractivity (Wildman–Crippen MR) is 53.4 cm³/mol. The fourth-order valence-electron chi connectivity index (χ4n) is 0.768. The quantitative estimate of drug-likeness (QED) is 0.778. The fraction of sp³-hybridized carbons (Fsp3) is 0.250. The van der Waals surface area contributed by atoms with E-state index < -0.39 is 0 Å². The third-order valence-corrected chi connectivity index (χ3v) is 1.96. The zero-order chi connectivity index (χ0) is 8.97. The maximum absolute atomic E-state index is 12.7. The fourth-order valence-corrected chi connectivity index (χ4v) is 1.37. The van der Waals surface area contributed by atoms with Gasteiger partial charge in [0.05, 0.1) is 6.61 Å². The summed E-state index contributed by atoms with van der Waals surface area (Å²) >= 11 is 6.39. The highest BCUT2D eigenvalue weighted by Gasteiger charge is 1.98. The van der Waals surface area contributed by atoms with Crippen molar-refractivity contribution < 1.29 is 9.13 Å². The molecule has 1 rings (SSSR count). The molecule has 0 aromatic heterocycles. The Balaban J connectivity index is 2.72. The topological polar surface area (TPSA) is 9.23 Å². The van der Waals surface area contributed by atoms with Gasteiger partial charge in [-0.15, -0.1) is 0 Å². The Hall–Kier alpha value is -0.0900. The van der Waals surface area contributed by atoms with Gasteiger partial charge in [-0.25, -0.2) is 4.39 Å². The van der Waals surface area contributed by atoms with Crippen molar-refractivity contribution in [3.63, 3.8) is 0 Å². The van der Waals surface area contributed by atoms with E-state index in [1.54, 1.807) is 6.07 Å². The maximum Gasteiger partial charge on any atom is 0.128 e. The van der Waals surface area contributed by atoms with Gasteiger partial charge in [0.2, 0.25) is 0 Å². The Morgan fingerprint density at radius 3 is 2.67 bits per heavy atom. The van der Waals surface area contributed by atoms with Gasteiger partial charge in [0.25, 0.3) is 0 Å². The van der Waals surface area contributed by atoms with Gasteiger partial charge in [-0.1, -0.05) is 31.9 Å². The second-order valence-corrected chi connectivity index (χ2v) is 3.85. The average molecular weight is 298 g/mol. The van der Waals surface area contributed by atoms with Crippen LogP contribution in [0.1, 0.15) is 0 Å². The molecule has 0 atom stereocenters. The van der Waals surface area contributed by atoms with Gasteiger partial charge >= 0.3 is 0 Å². The van der Waals surface area contributed by atoms with E-state index in [-0.39, 0.29) is 5.82 Å². The third kappa shape index (κ3) is 3.11. The molecule has 0 amide bonds.